The fourth-order valence-corrected chi connectivity index (χ4v) is 2.53. The number of nitrogen functional groups attached to an aromatic ring is 2. The quantitative estimate of drug-likeness (QED) is 0.806. The van der Waals surface area contributed by atoms with Crippen molar-refractivity contribution in [3.8, 4) is 0 Å². The lowest BCUT2D eigenvalue weighted by Crippen LogP contribution is -2.19. The third-order valence-corrected chi connectivity index (χ3v) is 4.48. The molecule has 0 atom stereocenters. The van der Waals surface area contributed by atoms with Crippen LogP contribution in [0.1, 0.15) is 38.8 Å². The zero-order valence-electron chi connectivity index (χ0n) is 13.3. The molecule has 21 heavy (non-hydrogen) atoms. The summed E-state index contributed by atoms with van der Waals surface area (Å²) in [5, 5.41) is 0. The number of nitrogens with two attached hydrogens (primary N) is 2. The van der Waals surface area contributed by atoms with E-state index >= 15 is 0 Å². The number of hydrogen-bond acceptors (Lipinski definition) is 2. The van der Waals surface area contributed by atoms with E-state index in [1.54, 1.807) is 0 Å². The smallest absolute Gasteiger partial charge is 0.0314 e. The molecule has 0 heterocycles. The van der Waals surface area contributed by atoms with Gasteiger partial charge in [-0.2, -0.15) is 0 Å². The Morgan fingerprint density at radius 1 is 0.762 bits per heavy atom. The molecule has 0 spiro atoms. The van der Waals surface area contributed by atoms with E-state index in [9.17, 15) is 0 Å². The normalized spacial score (nSPS) is 13.0. The Hall–Kier alpha value is -2.22. The van der Waals surface area contributed by atoms with E-state index in [2.05, 4.69) is 52.0 Å². The van der Waals surface area contributed by atoms with E-state index in [0.717, 1.165) is 11.4 Å². The summed E-state index contributed by atoms with van der Waals surface area (Å²) in [4.78, 5) is 0. The van der Waals surface area contributed by atoms with Crippen molar-refractivity contribution in [2.75, 3.05) is 11.5 Å². The van der Waals surface area contributed by atoms with E-state index in [0.29, 0.717) is 0 Å². The molecule has 0 bridgehead atoms. The SMILES string of the molecule is C/C(=C(/C)C(C)(C)c1ccc(N)cc1)c1ccc(N)cc1. The second-order valence-electron chi connectivity index (χ2n) is 6.12. The van der Waals surface area contributed by atoms with E-state index in [4.69, 9.17) is 11.5 Å². The molecule has 2 nitrogen and oxygen atoms in total. The molecule has 2 aromatic rings. The number of benzene rings is 2. The van der Waals surface area contributed by atoms with E-state index < -0.39 is 0 Å². The van der Waals surface area contributed by atoms with Crippen molar-refractivity contribution >= 4 is 16.9 Å². The minimum absolute atomic E-state index is 0.0425. The van der Waals surface area contributed by atoms with Crippen LogP contribution >= 0.6 is 0 Å². The molecule has 2 heteroatoms. The first kappa shape index (κ1) is 15.2. The summed E-state index contributed by atoms with van der Waals surface area (Å²) in [5.74, 6) is 0. The average Bonchev–Trinajstić information content (AvgIpc) is 2.47. The minimum atomic E-state index is -0.0425. The molecule has 0 saturated heterocycles. The number of allylic oxidation sites excluding steroid dienone is 2. The topological polar surface area (TPSA) is 52.0 Å². The van der Waals surface area contributed by atoms with Crippen LogP contribution in [0.25, 0.3) is 5.57 Å². The first-order valence-corrected chi connectivity index (χ1v) is 7.22. The summed E-state index contributed by atoms with van der Waals surface area (Å²) in [6, 6.07) is 16.2. The van der Waals surface area contributed by atoms with Gasteiger partial charge in [-0.1, -0.05) is 43.7 Å². The van der Waals surface area contributed by atoms with Crippen LogP contribution in [0.5, 0.6) is 0 Å². The number of hydrogen-bond donors (Lipinski definition) is 2. The average molecular weight is 280 g/mol. The lowest BCUT2D eigenvalue weighted by molar-refractivity contribution is 0.625. The minimum Gasteiger partial charge on any atom is -0.399 e. The molecule has 0 saturated carbocycles. The van der Waals surface area contributed by atoms with Gasteiger partial charge >= 0.3 is 0 Å². The summed E-state index contributed by atoms with van der Waals surface area (Å²) in [7, 11) is 0. The maximum atomic E-state index is 5.79. The van der Waals surface area contributed by atoms with Gasteiger partial charge in [0.2, 0.25) is 0 Å². The maximum absolute atomic E-state index is 5.79. The third kappa shape index (κ3) is 3.10. The van der Waals surface area contributed by atoms with Crippen LogP contribution in [0, 0.1) is 0 Å². The maximum Gasteiger partial charge on any atom is 0.0314 e. The van der Waals surface area contributed by atoms with Gasteiger partial charge in [0.05, 0.1) is 0 Å². The van der Waals surface area contributed by atoms with Gasteiger partial charge in [0, 0.05) is 16.8 Å². The van der Waals surface area contributed by atoms with E-state index in [1.165, 1.54) is 22.3 Å². The Bertz CT molecular complexity index is 647. The Morgan fingerprint density at radius 3 is 1.67 bits per heavy atom. The van der Waals surface area contributed by atoms with Crippen LogP contribution in [0.2, 0.25) is 0 Å². The van der Waals surface area contributed by atoms with Crippen LogP contribution in [-0.2, 0) is 5.41 Å². The van der Waals surface area contributed by atoms with Gasteiger partial charge in [-0.15, -0.1) is 0 Å². The highest BCUT2D eigenvalue weighted by atomic mass is 14.5. The molecule has 4 N–H and O–H groups in total. The molecule has 0 radical (unpaired) electrons. The Balaban J connectivity index is 2.44. The molecule has 0 aromatic heterocycles. The summed E-state index contributed by atoms with van der Waals surface area (Å²) in [6.07, 6.45) is 0. The van der Waals surface area contributed by atoms with Crippen molar-refractivity contribution in [3.05, 3.63) is 65.2 Å². The van der Waals surface area contributed by atoms with Gasteiger partial charge in [0.15, 0.2) is 0 Å². The highest BCUT2D eigenvalue weighted by molar-refractivity contribution is 5.70. The predicted molar refractivity (Wildman–Crippen MR) is 93.0 cm³/mol. The predicted octanol–water partition coefficient (Wildman–Crippen LogP) is 4.62. The molecule has 0 aliphatic carbocycles. The second-order valence-corrected chi connectivity index (χ2v) is 6.12. The summed E-state index contributed by atoms with van der Waals surface area (Å²) >= 11 is 0. The van der Waals surface area contributed by atoms with E-state index in [1.807, 2.05) is 24.3 Å². The van der Waals surface area contributed by atoms with Crippen LogP contribution in [0.4, 0.5) is 11.4 Å². The van der Waals surface area contributed by atoms with Crippen molar-refractivity contribution < 1.29 is 0 Å². The van der Waals surface area contributed by atoms with Gasteiger partial charge in [-0.3, -0.25) is 0 Å². The van der Waals surface area contributed by atoms with Crippen molar-refractivity contribution in [3.63, 3.8) is 0 Å². The van der Waals surface area contributed by atoms with Crippen LogP contribution in [0.3, 0.4) is 0 Å². The van der Waals surface area contributed by atoms with Crippen LogP contribution in [0.15, 0.2) is 54.1 Å². The molecular weight excluding hydrogens is 256 g/mol. The largest absolute Gasteiger partial charge is 0.399 e. The van der Waals surface area contributed by atoms with Crippen molar-refractivity contribution in [2.24, 2.45) is 0 Å². The Kier molecular flexibility index (Phi) is 4.08. The Morgan fingerprint density at radius 2 is 1.19 bits per heavy atom. The summed E-state index contributed by atoms with van der Waals surface area (Å²) in [5.41, 5.74) is 18.2. The van der Waals surface area contributed by atoms with E-state index in [-0.39, 0.29) is 5.41 Å². The van der Waals surface area contributed by atoms with Gasteiger partial charge in [0.1, 0.15) is 0 Å². The lowest BCUT2D eigenvalue weighted by atomic mass is 9.75. The number of rotatable bonds is 3. The highest BCUT2D eigenvalue weighted by Gasteiger charge is 2.24. The molecule has 2 aromatic carbocycles. The lowest BCUT2D eigenvalue weighted by Gasteiger charge is -2.29. The van der Waals surface area contributed by atoms with Gasteiger partial charge in [0.25, 0.3) is 0 Å². The molecule has 0 aliphatic rings. The zero-order chi connectivity index (χ0) is 15.6. The van der Waals surface area contributed by atoms with Gasteiger partial charge in [-0.05, 0) is 54.8 Å². The fraction of sp³-hybridized carbons (Fsp3) is 0.263. The molecule has 0 aliphatic heterocycles. The summed E-state index contributed by atoms with van der Waals surface area (Å²) in [6.45, 7) is 8.85. The van der Waals surface area contributed by atoms with Crippen molar-refractivity contribution in [2.45, 2.75) is 33.1 Å². The standard InChI is InChI=1S/C19H24N2/c1-13(15-5-9-17(20)10-6-15)14(2)19(3,4)16-7-11-18(21)12-8-16/h5-12H,20-21H2,1-4H3/b14-13+. The molecule has 0 unspecified atom stereocenters. The summed E-state index contributed by atoms with van der Waals surface area (Å²) < 4.78 is 0. The first-order valence-electron chi connectivity index (χ1n) is 7.22. The van der Waals surface area contributed by atoms with Crippen molar-refractivity contribution in [1.82, 2.24) is 0 Å². The van der Waals surface area contributed by atoms with Crippen molar-refractivity contribution in [1.29, 1.82) is 0 Å². The first-order chi connectivity index (χ1) is 9.82. The zero-order valence-corrected chi connectivity index (χ0v) is 13.3. The molecule has 2 rings (SSSR count). The monoisotopic (exact) mass is 280 g/mol. The second kappa shape index (κ2) is 5.65. The number of anilines is 2. The highest BCUT2D eigenvalue weighted by Crippen LogP contribution is 2.36. The van der Waals surface area contributed by atoms with Crippen LogP contribution < -0.4 is 11.5 Å². The molecule has 0 amide bonds. The fourth-order valence-electron chi connectivity index (χ4n) is 2.53. The molecular formula is C19H24N2. The molecule has 110 valence electrons. The van der Waals surface area contributed by atoms with Gasteiger partial charge < -0.3 is 11.5 Å². The third-order valence-electron chi connectivity index (χ3n) is 4.48. The van der Waals surface area contributed by atoms with Crippen LogP contribution in [-0.4, -0.2) is 0 Å². The Labute approximate surface area is 127 Å². The van der Waals surface area contributed by atoms with Gasteiger partial charge in [-0.25, -0.2) is 0 Å². The molecule has 0 fully saturated rings.